The summed E-state index contributed by atoms with van der Waals surface area (Å²) in [4.78, 5) is 13.7. The van der Waals surface area contributed by atoms with Crippen LogP contribution in [0.4, 0.5) is 0 Å². The summed E-state index contributed by atoms with van der Waals surface area (Å²) in [5.74, 6) is 0.115. The van der Waals surface area contributed by atoms with E-state index in [0.29, 0.717) is 18.7 Å². The molecular formula is C14H18N2O. The molecule has 0 atom stereocenters. The van der Waals surface area contributed by atoms with Gasteiger partial charge in [0.15, 0.2) is 0 Å². The Bertz CT molecular complexity index is 432. The fraction of sp³-hybridized carbons (Fsp3) is 0.429. The minimum absolute atomic E-state index is 0.0100. The lowest BCUT2D eigenvalue weighted by molar-refractivity contribution is -0.134. The smallest absolute Gasteiger partial charge is 0.225 e. The zero-order valence-electron chi connectivity index (χ0n) is 10.6. The summed E-state index contributed by atoms with van der Waals surface area (Å²) in [5, 5.41) is 9.00. The van der Waals surface area contributed by atoms with Crippen LogP contribution in [0.3, 0.4) is 0 Å². The van der Waals surface area contributed by atoms with Crippen LogP contribution in [0, 0.1) is 17.2 Å². The van der Waals surface area contributed by atoms with Gasteiger partial charge in [-0.3, -0.25) is 4.79 Å². The topological polar surface area (TPSA) is 44.1 Å². The molecule has 0 aliphatic carbocycles. The van der Waals surface area contributed by atoms with Gasteiger partial charge in [0.1, 0.15) is 0 Å². The van der Waals surface area contributed by atoms with Gasteiger partial charge in [0.25, 0.3) is 0 Å². The quantitative estimate of drug-likeness (QED) is 0.798. The van der Waals surface area contributed by atoms with E-state index < -0.39 is 0 Å². The van der Waals surface area contributed by atoms with Crippen molar-refractivity contribution in [1.82, 2.24) is 4.90 Å². The van der Waals surface area contributed by atoms with Gasteiger partial charge in [-0.05, 0) is 18.6 Å². The van der Waals surface area contributed by atoms with Crippen molar-refractivity contribution in [3.05, 3.63) is 35.4 Å². The molecule has 3 nitrogen and oxygen atoms in total. The molecule has 0 N–H and O–H groups in total. The van der Waals surface area contributed by atoms with Crippen LogP contribution in [0.1, 0.15) is 31.9 Å². The van der Waals surface area contributed by atoms with E-state index in [2.05, 4.69) is 6.07 Å². The van der Waals surface area contributed by atoms with E-state index in [1.54, 1.807) is 11.0 Å². The molecule has 0 fully saturated rings. The summed E-state index contributed by atoms with van der Waals surface area (Å²) in [6, 6.07) is 9.56. The molecule has 0 heterocycles. The van der Waals surface area contributed by atoms with E-state index in [0.717, 1.165) is 5.56 Å². The first-order chi connectivity index (χ1) is 8.10. The number of nitriles is 1. The van der Waals surface area contributed by atoms with E-state index in [1.165, 1.54) is 0 Å². The molecule has 3 heteroatoms. The van der Waals surface area contributed by atoms with Crippen molar-refractivity contribution in [3.63, 3.8) is 0 Å². The van der Waals surface area contributed by atoms with Crippen LogP contribution in [0.25, 0.3) is 0 Å². The minimum Gasteiger partial charge on any atom is -0.338 e. The maximum absolute atomic E-state index is 11.9. The lowest BCUT2D eigenvalue weighted by Crippen LogP contribution is -2.33. The van der Waals surface area contributed by atoms with Gasteiger partial charge < -0.3 is 4.90 Å². The number of nitrogens with zero attached hydrogens (tertiary/aromatic N) is 2. The van der Waals surface area contributed by atoms with Crippen molar-refractivity contribution in [1.29, 1.82) is 5.26 Å². The number of rotatable bonds is 4. The average molecular weight is 230 g/mol. The predicted molar refractivity (Wildman–Crippen MR) is 67.1 cm³/mol. The second-order valence-electron chi connectivity index (χ2n) is 4.28. The molecule has 0 aliphatic heterocycles. The van der Waals surface area contributed by atoms with Gasteiger partial charge in [0, 0.05) is 19.0 Å². The Morgan fingerprint density at radius 1 is 1.41 bits per heavy atom. The van der Waals surface area contributed by atoms with E-state index in [-0.39, 0.29) is 11.8 Å². The van der Waals surface area contributed by atoms with E-state index in [1.807, 2.05) is 39.0 Å². The van der Waals surface area contributed by atoms with E-state index >= 15 is 0 Å². The number of hydrogen-bond donors (Lipinski definition) is 0. The van der Waals surface area contributed by atoms with Crippen molar-refractivity contribution in [3.8, 4) is 6.07 Å². The molecule has 1 aromatic rings. The van der Waals surface area contributed by atoms with Crippen LogP contribution in [-0.4, -0.2) is 17.4 Å². The highest BCUT2D eigenvalue weighted by Gasteiger charge is 2.16. The summed E-state index contributed by atoms with van der Waals surface area (Å²) in [6.45, 7) is 6.91. The van der Waals surface area contributed by atoms with Gasteiger partial charge in [0.2, 0.25) is 5.91 Å². The maximum Gasteiger partial charge on any atom is 0.225 e. The van der Waals surface area contributed by atoms with Crippen molar-refractivity contribution in [2.75, 3.05) is 6.54 Å². The third-order valence-electron chi connectivity index (χ3n) is 2.69. The lowest BCUT2D eigenvalue weighted by Gasteiger charge is -2.23. The monoisotopic (exact) mass is 230 g/mol. The second-order valence-corrected chi connectivity index (χ2v) is 4.28. The summed E-state index contributed by atoms with van der Waals surface area (Å²) in [7, 11) is 0. The van der Waals surface area contributed by atoms with Crippen molar-refractivity contribution < 1.29 is 4.79 Å². The molecule has 0 unspecified atom stereocenters. The number of benzene rings is 1. The first-order valence-electron chi connectivity index (χ1n) is 5.87. The molecule has 0 spiro atoms. The number of amides is 1. The fourth-order valence-corrected chi connectivity index (χ4v) is 1.68. The summed E-state index contributed by atoms with van der Waals surface area (Å²) < 4.78 is 0. The molecule has 1 aromatic carbocycles. The summed E-state index contributed by atoms with van der Waals surface area (Å²) >= 11 is 0. The van der Waals surface area contributed by atoms with Crippen molar-refractivity contribution >= 4 is 5.91 Å². The molecule has 17 heavy (non-hydrogen) atoms. The lowest BCUT2D eigenvalue weighted by atomic mass is 10.1. The zero-order chi connectivity index (χ0) is 12.8. The first-order valence-corrected chi connectivity index (χ1v) is 5.87. The Morgan fingerprint density at radius 3 is 2.59 bits per heavy atom. The Hall–Kier alpha value is -1.82. The number of hydrogen-bond acceptors (Lipinski definition) is 2. The Morgan fingerprint density at radius 2 is 2.06 bits per heavy atom. The third kappa shape index (κ3) is 3.32. The van der Waals surface area contributed by atoms with Crippen LogP contribution < -0.4 is 0 Å². The molecule has 1 rings (SSSR count). The largest absolute Gasteiger partial charge is 0.338 e. The highest BCUT2D eigenvalue weighted by Crippen LogP contribution is 2.12. The molecule has 0 aromatic heterocycles. The Labute approximate surface area is 103 Å². The predicted octanol–water partition coefficient (Wildman–Crippen LogP) is 2.56. The third-order valence-corrected chi connectivity index (χ3v) is 2.69. The highest BCUT2D eigenvalue weighted by molar-refractivity contribution is 5.78. The van der Waals surface area contributed by atoms with Gasteiger partial charge in [-0.1, -0.05) is 32.0 Å². The average Bonchev–Trinajstić information content (AvgIpc) is 2.35. The molecule has 0 radical (unpaired) electrons. The normalized spacial score (nSPS) is 10.1. The van der Waals surface area contributed by atoms with E-state index in [4.69, 9.17) is 5.26 Å². The minimum atomic E-state index is -0.0100. The van der Waals surface area contributed by atoms with Gasteiger partial charge in [-0.25, -0.2) is 0 Å². The van der Waals surface area contributed by atoms with Gasteiger partial charge >= 0.3 is 0 Å². The SMILES string of the molecule is CCN(Cc1ccccc1C#N)C(=O)C(C)C. The maximum atomic E-state index is 11.9. The molecule has 0 saturated carbocycles. The molecule has 0 saturated heterocycles. The molecule has 0 aliphatic rings. The fourth-order valence-electron chi connectivity index (χ4n) is 1.68. The molecule has 90 valence electrons. The molecular weight excluding hydrogens is 212 g/mol. The zero-order valence-corrected chi connectivity index (χ0v) is 10.6. The van der Waals surface area contributed by atoms with Crippen LogP contribution in [0.5, 0.6) is 0 Å². The van der Waals surface area contributed by atoms with Gasteiger partial charge in [-0.2, -0.15) is 5.26 Å². The highest BCUT2D eigenvalue weighted by atomic mass is 16.2. The number of carbonyl (C=O) groups excluding carboxylic acids is 1. The van der Waals surface area contributed by atoms with Gasteiger partial charge in [0.05, 0.1) is 11.6 Å². The van der Waals surface area contributed by atoms with Crippen LogP contribution >= 0.6 is 0 Å². The Kier molecular flexibility index (Phi) is 4.71. The Balaban J connectivity index is 2.89. The summed E-state index contributed by atoms with van der Waals surface area (Å²) in [5.41, 5.74) is 1.55. The van der Waals surface area contributed by atoms with Crippen molar-refractivity contribution in [2.24, 2.45) is 5.92 Å². The number of carbonyl (C=O) groups is 1. The van der Waals surface area contributed by atoms with Crippen molar-refractivity contribution in [2.45, 2.75) is 27.3 Å². The van der Waals surface area contributed by atoms with Gasteiger partial charge in [-0.15, -0.1) is 0 Å². The first kappa shape index (κ1) is 13.2. The van der Waals surface area contributed by atoms with Crippen LogP contribution in [0.2, 0.25) is 0 Å². The summed E-state index contributed by atoms with van der Waals surface area (Å²) in [6.07, 6.45) is 0. The molecule has 0 bridgehead atoms. The molecule has 1 amide bonds. The standard InChI is InChI=1S/C14H18N2O/c1-4-16(14(17)11(2)3)10-13-8-6-5-7-12(13)9-15/h5-8,11H,4,10H2,1-3H3. The van der Waals surface area contributed by atoms with E-state index in [9.17, 15) is 4.79 Å². The van der Waals surface area contributed by atoms with Crippen LogP contribution in [-0.2, 0) is 11.3 Å². The van der Waals surface area contributed by atoms with Crippen LogP contribution in [0.15, 0.2) is 24.3 Å². The second kappa shape index (κ2) is 6.05.